The SMILES string of the molecule is CCN1C(=O)[C@@H](CNc2ccc(C(=O)NCCN3CCCC3)cc2)SC1[C@H](N)C(=O)N(C)c1ccc(OC)cc1. The summed E-state index contributed by atoms with van der Waals surface area (Å²) in [6, 6.07) is 13.5. The Morgan fingerprint density at radius 2 is 1.80 bits per heavy atom. The molecule has 2 saturated heterocycles. The fourth-order valence-electron chi connectivity index (χ4n) is 5.02. The molecule has 0 bridgehead atoms. The van der Waals surface area contributed by atoms with Crippen LogP contribution in [0.3, 0.4) is 0 Å². The summed E-state index contributed by atoms with van der Waals surface area (Å²) < 4.78 is 5.19. The lowest BCUT2D eigenvalue weighted by atomic mass is 10.2. The van der Waals surface area contributed by atoms with Gasteiger partial charge in [0.05, 0.1) is 7.11 Å². The maximum atomic E-state index is 13.2. The van der Waals surface area contributed by atoms with Gasteiger partial charge in [0.2, 0.25) is 11.8 Å². The van der Waals surface area contributed by atoms with Crippen molar-refractivity contribution in [3.8, 4) is 5.75 Å². The zero-order chi connectivity index (χ0) is 28.6. The number of carbonyl (C=O) groups excluding carboxylic acids is 3. The van der Waals surface area contributed by atoms with E-state index in [1.165, 1.54) is 29.5 Å². The van der Waals surface area contributed by atoms with Crippen LogP contribution in [0.2, 0.25) is 0 Å². The van der Waals surface area contributed by atoms with Gasteiger partial charge in [-0.3, -0.25) is 14.4 Å². The molecule has 0 radical (unpaired) electrons. The number of likely N-dealkylation sites (tertiary alicyclic amines) is 1. The molecule has 2 aromatic carbocycles. The van der Waals surface area contributed by atoms with Gasteiger partial charge in [-0.2, -0.15) is 0 Å². The van der Waals surface area contributed by atoms with Crippen LogP contribution in [0.5, 0.6) is 5.75 Å². The highest BCUT2D eigenvalue weighted by molar-refractivity contribution is 8.01. The molecule has 3 atom stereocenters. The first-order chi connectivity index (χ1) is 19.3. The Kier molecular flexibility index (Phi) is 10.3. The average Bonchev–Trinajstić information content (AvgIpc) is 3.62. The Bertz CT molecular complexity index is 1160. The molecular weight excluding hydrogens is 528 g/mol. The van der Waals surface area contributed by atoms with E-state index in [1.807, 2.05) is 19.1 Å². The van der Waals surface area contributed by atoms with Crippen LogP contribution in [0, 0.1) is 0 Å². The molecule has 2 fully saturated rings. The molecule has 2 heterocycles. The number of thioether (sulfide) groups is 1. The molecule has 3 amide bonds. The highest BCUT2D eigenvalue weighted by Gasteiger charge is 2.44. The quantitative estimate of drug-likeness (QED) is 0.357. The number of nitrogens with two attached hydrogens (primary N) is 1. The van der Waals surface area contributed by atoms with Crippen molar-refractivity contribution < 1.29 is 19.1 Å². The van der Waals surface area contributed by atoms with E-state index >= 15 is 0 Å². The third-order valence-electron chi connectivity index (χ3n) is 7.44. The number of nitrogens with one attached hydrogen (secondary N) is 2. The highest BCUT2D eigenvalue weighted by Crippen LogP contribution is 2.34. The predicted molar refractivity (Wildman–Crippen MR) is 160 cm³/mol. The van der Waals surface area contributed by atoms with E-state index in [0.29, 0.717) is 36.6 Å². The molecule has 2 aromatic rings. The van der Waals surface area contributed by atoms with E-state index in [-0.39, 0.29) is 23.0 Å². The second-order valence-electron chi connectivity index (χ2n) is 10.0. The van der Waals surface area contributed by atoms with E-state index in [1.54, 1.807) is 55.5 Å². The third kappa shape index (κ3) is 7.07. The lowest BCUT2D eigenvalue weighted by molar-refractivity contribution is -0.130. The number of benzene rings is 2. The summed E-state index contributed by atoms with van der Waals surface area (Å²) in [7, 11) is 3.27. The standard InChI is InChI=1S/C29H40N6O4S/c1-4-35-27(37)24(40-29(35)25(30)28(38)33(2)22-11-13-23(39-3)14-12-22)19-32-21-9-7-20(8-10-21)26(36)31-15-18-34-16-5-6-17-34/h7-14,24-25,29,32H,4-6,15-19,30H2,1-3H3,(H,31,36)/t24-,25-,29?/m1/s1. The van der Waals surface area contributed by atoms with Crippen molar-refractivity contribution in [2.75, 3.05) is 63.6 Å². The van der Waals surface area contributed by atoms with Crippen molar-refractivity contribution in [2.24, 2.45) is 5.73 Å². The van der Waals surface area contributed by atoms with Gasteiger partial charge in [-0.05, 0) is 81.4 Å². The number of anilines is 2. The first kappa shape index (κ1) is 29.7. The molecular formula is C29H40N6O4S. The molecule has 10 nitrogen and oxygen atoms in total. The number of rotatable bonds is 12. The van der Waals surface area contributed by atoms with Crippen LogP contribution >= 0.6 is 11.8 Å². The largest absolute Gasteiger partial charge is 0.497 e. The Morgan fingerprint density at radius 3 is 2.42 bits per heavy atom. The van der Waals surface area contributed by atoms with Gasteiger partial charge in [0.25, 0.3) is 5.91 Å². The fraction of sp³-hybridized carbons (Fsp3) is 0.483. The molecule has 1 unspecified atom stereocenters. The highest BCUT2D eigenvalue weighted by atomic mass is 32.2. The first-order valence-corrected chi connectivity index (χ1v) is 14.7. The van der Waals surface area contributed by atoms with Gasteiger partial charge in [0, 0.05) is 50.2 Å². The zero-order valence-electron chi connectivity index (χ0n) is 23.5. The number of nitrogens with zero attached hydrogens (tertiary/aromatic N) is 3. The monoisotopic (exact) mass is 568 g/mol. The lowest BCUT2D eigenvalue weighted by Crippen LogP contribution is -2.53. The summed E-state index contributed by atoms with van der Waals surface area (Å²) >= 11 is 1.41. The van der Waals surface area contributed by atoms with Gasteiger partial charge in [0.1, 0.15) is 22.4 Å². The molecule has 0 saturated carbocycles. The van der Waals surface area contributed by atoms with E-state index in [9.17, 15) is 14.4 Å². The molecule has 216 valence electrons. The van der Waals surface area contributed by atoms with Gasteiger partial charge < -0.3 is 35.8 Å². The molecule has 0 spiro atoms. The second-order valence-corrected chi connectivity index (χ2v) is 11.3. The minimum Gasteiger partial charge on any atom is -0.497 e. The maximum Gasteiger partial charge on any atom is 0.251 e. The topological polar surface area (TPSA) is 120 Å². The zero-order valence-corrected chi connectivity index (χ0v) is 24.3. The molecule has 4 N–H and O–H groups in total. The third-order valence-corrected chi connectivity index (χ3v) is 8.97. The first-order valence-electron chi connectivity index (χ1n) is 13.8. The predicted octanol–water partition coefficient (Wildman–Crippen LogP) is 2.21. The number of ether oxygens (including phenoxy) is 1. The summed E-state index contributed by atoms with van der Waals surface area (Å²) in [5.74, 6) is 0.294. The van der Waals surface area contributed by atoms with Crippen molar-refractivity contribution >= 4 is 40.9 Å². The summed E-state index contributed by atoms with van der Waals surface area (Å²) in [4.78, 5) is 44.4. The number of likely N-dealkylation sites (N-methyl/N-ethyl adjacent to an activating group) is 2. The Labute approximate surface area is 240 Å². The fourth-order valence-corrected chi connectivity index (χ4v) is 6.48. The van der Waals surface area contributed by atoms with Crippen LogP contribution < -0.4 is 26.0 Å². The number of carbonyl (C=O) groups is 3. The van der Waals surface area contributed by atoms with Crippen LogP contribution in [0.1, 0.15) is 30.1 Å². The normalized spacial score (nSPS) is 19.9. The van der Waals surface area contributed by atoms with Crippen LogP contribution in [-0.4, -0.2) is 97.6 Å². The van der Waals surface area contributed by atoms with Gasteiger partial charge in [-0.25, -0.2) is 0 Å². The molecule has 40 heavy (non-hydrogen) atoms. The molecule has 0 aliphatic carbocycles. The average molecular weight is 569 g/mol. The molecule has 0 aromatic heterocycles. The second kappa shape index (κ2) is 13.9. The van der Waals surface area contributed by atoms with E-state index < -0.39 is 11.4 Å². The Morgan fingerprint density at radius 1 is 1.12 bits per heavy atom. The number of amides is 3. The maximum absolute atomic E-state index is 13.2. The van der Waals surface area contributed by atoms with Crippen LogP contribution in [0.4, 0.5) is 11.4 Å². The molecule has 4 rings (SSSR count). The number of hydrogen-bond donors (Lipinski definition) is 3. The Balaban J connectivity index is 1.29. The van der Waals surface area contributed by atoms with Crippen molar-refractivity contribution in [3.63, 3.8) is 0 Å². The lowest BCUT2D eigenvalue weighted by Gasteiger charge is -2.29. The van der Waals surface area contributed by atoms with E-state index in [2.05, 4.69) is 15.5 Å². The summed E-state index contributed by atoms with van der Waals surface area (Å²) in [6.07, 6.45) is 2.47. The van der Waals surface area contributed by atoms with Crippen molar-refractivity contribution in [1.82, 2.24) is 15.1 Å². The minimum atomic E-state index is -0.880. The summed E-state index contributed by atoms with van der Waals surface area (Å²) in [5, 5.41) is 5.43. The van der Waals surface area contributed by atoms with Gasteiger partial charge in [-0.15, -0.1) is 11.8 Å². The minimum absolute atomic E-state index is 0.0469. The van der Waals surface area contributed by atoms with E-state index in [0.717, 1.165) is 25.3 Å². The number of hydrogen-bond acceptors (Lipinski definition) is 8. The summed E-state index contributed by atoms with van der Waals surface area (Å²) in [6.45, 7) is 6.46. The van der Waals surface area contributed by atoms with Gasteiger partial charge in [0.15, 0.2) is 0 Å². The van der Waals surface area contributed by atoms with E-state index in [4.69, 9.17) is 10.5 Å². The van der Waals surface area contributed by atoms with Crippen molar-refractivity contribution in [3.05, 3.63) is 54.1 Å². The number of methoxy groups -OCH3 is 1. The van der Waals surface area contributed by atoms with Crippen LogP contribution in [0.15, 0.2) is 48.5 Å². The van der Waals surface area contributed by atoms with Gasteiger partial charge >= 0.3 is 0 Å². The molecule has 2 aliphatic heterocycles. The molecule has 11 heteroatoms. The molecule has 2 aliphatic rings. The summed E-state index contributed by atoms with van der Waals surface area (Å²) in [5.41, 5.74) is 8.54. The van der Waals surface area contributed by atoms with Gasteiger partial charge in [-0.1, -0.05) is 0 Å². The van der Waals surface area contributed by atoms with Crippen molar-refractivity contribution in [1.29, 1.82) is 0 Å². The van der Waals surface area contributed by atoms with Crippen LogP contribution in [-0.2, 0) is 9.59 Å². The Hall–Kier alpha value is -3.28. The smallest absolute Gasteiger partial charge is 0.251 e. The van der Waals surface area contributed by atoms with Crippen LogP contribution in [0.25, 0.3) is 0 Å². The van der Waals surface area contributed by atoms with Crippen molar-refractivity contribution in [2.45, 2.75) is 36.4 Å².